The van der Waals surface area contributed by atoms with E-state index in [0.717, 1.165) is 26.2 Å². The van der Waals surface area contributed by atoms with Crippen molar-refractivity contribution in [3.63, 3.8) is 0 Å². The predicted molar refractivity (Wildman–Crippen MR) is 75.7 cm³/mol. The lowest BCUT2D eigenvalue weighted by Crippen LogP contribution is -2.43. The SMILES string of the molecule is O=S1(=O)C[C@H]2CN[C@@H](CN(Cc3ccccc3)C2)C1. The summed E-state index contributed by atoms with van der Waals surface area (Å²) in [5.41, 5.74) is 1.30. The van der Waals surface area contributed by atoms with Crippen LogP contribution in [0.1, 0.15) is 5.56 Å². The van der Waals surface area contributed by atoms with Crippen LogP contribution in [0, 0.1) is 5.92 Å². The van der Waals surface area contributed by atoms with E-state index in [9.17, 15) is 8.42 Å². The number of rotatable bonds is 2. The van der Waals surface area contributed by atoms with E-state index in [4.69, 9.17) is 0 Å². The number of nitrogens with zero attached hydrogens (tertiary/aromatic N) is 1. The first kappa shape index (κ1) is 13.1. The van der Waals surface area contributed by atoms with Gasteiger partial charge in [-0.05, 0) is 11.5 Å². The molecule has 0 radical (unpaired) electrons. The summed E-state index contributed by atoms with van der Waals surface area (Å²) in [6.45, 7) is 3.44. The Balaban J connectivity index is 1.73. The van der Waals surface area contributed by atoms with Gasteiger partial charge in [-0.3, -0.25) is 4.90 Å². The standard InChI is InChI=1S/C14H20N2O2S/c17-19(18)10-13-6-15-14(11-19)9-16(8-13)7-12-4-2-1-3-5-12/h1-5,13-15H,6-11H2/t13-,14-/m0/s1. The monoisotopic (exact) mass is 280 g/mol. The van der Waals surface area contributed by atoms with Crippen molar-refractivity contribution in [3.8, 4) is 0 Å². The van der Waals surface area contributed by atoms with Crippen LogP contribution in [-0.4, -0.2) is 50.5 Å². The molecule has 0 spiro atoms. The van der Waals surface area contributed by atoms with Gasteiger partial charge in [0.2, 0.25) is 0 Å². The Morgan fingerprint density at radius 1 is 1.16 bits per heavy atom. The lowest BCUT2D eigenvalue weighted by atomic mass is 10.1. The van der Waals surface area contributed by atoms with Crippen molar-refractivity contribution >= 4 is 9.84 Å². The molecule has 2 aliphatic rings. The van der Waals surface area contributed by atoms with Crippen molar-refractivity contribution in [2.45, 2.75) is 12.6 Å². The first-order chi connectivity index (χ1) is 9.11. The van der Waals surface area contributed by atoms with Crippen molar-refractivity contribution in [1.82, 2.24) is 10.2 Å². The summed E-state index contributed by atoms with van der Waals surface area (Å²) in [6.07, 6.45) is 0. The lowest BCUT2D eigenvalue weighted by molar-refractivity contribution is 0.241. The van der Waals surface area contributed by atoms with Crippen molar-refractivity contribution in [1.29, 1.82) is 0 Å². The highest BCUT2D eigenvalue weighted by atomic mass is 32.2. The zero-order valence-corrected chi connectivity index (χ0v) is 11.8. The number of hydrogen-bond acceptors (Lipinski definition) is 4. The van der Waals surface area contributed by atoms with Gasteiger partial charge in [-0.1, -0.05) is 30.3 Å². The predicted octanol–water partition coefficient (Wildman–Crippen LogP) is 0.505. The van der Waals surface area contributed by atoms with Gasteiger partial charge >= 0.3 is 0 Å². The largest absolute Gasteiger partial charge is 0.311 e. The fourth-order valence-corrected chi connectivity index (χ4v) is 5.06. The Kier molecular flexibility index (Phi) is 3.60. The second-order valence-corrected chi connectivity index (χ2v) is 7.88. The summed E-state index contributed by atoms with van der Waals surface area (Å²) < 4.78 is 23.8. The molecule has 2 bridgehead atoms. The molecule has 2 heterocycles. The van der Waals surface area contributed by atoms with Gasteiger partial charge in [0.25, 0.3) is 0 Å². The van der Waals surface area contributed by atoms with Crippen LogP contribution in [0.15, 0.2) is 30.3 Å². The van der Waals surface area contributed by atoms with Crippen LogP contribution in [0.2, 0.25) is 0 Å². The summed E-state index contributed by atoms with van der Waals surface area (Å²) >= 11 is 0. The second kappa shape index (κ2) is 5.23. The Hall–Kier alpha value is -0.910. The summed E-state index contributed by atoms with van der Waals surface area (Å²) in [5.74, 6) is 0.845. The molecule has 104 valence electrons. The molecule has 2 saturated heterocycles. The van der Waals surface area contributed by atoms with E-state index in [1.807, 2.05) is 6.07 Å². The number of sulfone groups is 1. The van der Waals surface area contributed by atoms with Gasteiger partial charge in [-0.15, -0.1) is 0 Å². The van der Waals surface area contributed by atoms with Gasteiger partial charge in [-0.25, -0.2) is 8.42 Å². The Bertz CT molecular complexity index is 508. The molecule has 1 aromatic rings. The molecular formula is C14H20N2O2S. The minimum atomic E-state index is -2.86. The zero-order valence-electron chi connectivity index (χ0n) is 11.0. The van der Waals surface area contributed by atoms with Crippen molar-refractivity contribution < 1.29 is 8.42 Å². The zero-order chi connectivity index (χ0) is 13.3. The van der Waals surface area contributed by atoms with Crippen molar-refractivity contribution in [2.75, 3.05) is 31.1 Å². The Labute approximate surface area is 114 Å². The molecule has 0 aliphatic carbocycles. The van der Waals surface area contributed by atoms with Gasteiger partial charge in [0.15, 0.2) is 9.84 Å². The fourth-order valence-electron chi connectivity index (χ4n) is 3.14. The number of fused-ring (bicyclic) bond motifs is 3. The molecule has 2 aliphatic heterocycles. The lowest BCUT2D eigenvalue weighted by Gasteiger charge is -2.28. The van der Waals surface area contributed by atoms with E-state index >= 15 is 0 Å². The number of benzene rings is 1. The normalized spacial score (nSPS) is 30.7. The molecule has 1 aromatic carbocycles. The Morgan fingerprint density at radius 3 is 2.74 bits per heavy atom. The highest BCUT2D eigenvalue weighted by molar-refractivity contribution is 7.91. The van der Waals surface area contributed by atoms with Gasteiger partial charge in [0.1, 0.15) is 0 Å². The third-order valence-corrected chi connectivity index (χ3v) is 5.77. The van der Waals surface area contributed by atoms with E-state index in [-0.39, 0.29) is 17.7 Å². The highest BCUT2D eigenvalue weighted by Gasteiger charge is 2.33. The molecule has 0 aromatic heterocycles. The van der Waals surface area contributed by atoms with Crippen LogP contribution in [0.3, 0.4) is 0 Å². The molecule has 19 heavy (non-hydrogen) atoms. The van der Waals surface area contributed by atoms with Crippen molar-refractivity contribution in [2.24, 2.45) is 5.92 Å². The number of nitrogens with one attached hydrogen (secondary N) is 1. The van der Waals surface area contributed by atoms with E-state index in [0.29, 0.717) is 5.75 Å². The molecule has 3 rings (SSSR count). The topological polar surface area (TPSA) is 49.4 Å². The molecular weight excluding hydrogens is 260 g/mol. The van der Waals surface area contributed by atoms with Crippen LogP contribution in [0.4, 0.5) is 0 Å². The smallest absolute Gasteiger partial charge is 0.152 e. The van der Waals surface area contributed by atoms with Gasteiger partial charge < -0.3 is 5.32 Å². The molecule has 0 saturated carbocycles. The Morgan fingerprint density at radius 2 is 1.95 bits per heavy atom. The molecule has 5 heteroatoms. The van der Waals surface area contributed by atoms with E-state index < -0.39 is 9.84 Å². The second-order valence-electron chi connectivity index (χ2n) is 5.73. The van der Waals surface area contributed by atoms with Gasteiger partial charge in [-0.2, -0.15) is 0 Å². The fraction of sp³-hybridized carbons (Fsp3) is 0.571. The maximum absolute atomic E-state index is 11.9. The van der Waals surface area contributed by atoms with Crippen LogP contribution >= 0.6 is 0 Å². The number of hydrogen-bond donors (Lipinski definition) is 1. The highest BCUT2D eigenvalue weighted by Crippen LogP contribution is 2.18. The summed E-state index contributed by atoms with van der Waals surface area (Å²) in [5, 5.41) is 3.39. The minimum absolute atomic E-state index is 0.0845. The molecule has 4 nitrogen and oxygen atoms in total. The van der Waals surface area contributed by atoms with Crippen molar-refractivity contribution in [3.05, 3.63) is 35.9 Å². The summed E-state index contributed by atoms with van der Waals surface area (Å²) in [4.78, 5) is 2.39. The minimum Gasteiger partial charge on any atom is -0.311 e. The average Bonchev–Trinajstić information content (AvgIpc) is 2.59. The first-order valence-corrected chi connectivity index (χ1v) is 8.63. The molecule has 0 amide bonds. The van der Waals surface area contributed by atoms with E-state index in [2.05, 4.69) is 34.5 Å². The summed E-state index contributed by atoms with van der Waals surface area (Å²) in [6, 6.07) is 10.5. The average molecular weight is 280 g/mol. The summed E-state index contributed by atoms with van der Waals surface area (Å²) in [7, 11) is -2.86. The van der Waals surface area contributed by atoms with Crippen LogP contribution in [0.5, 0.6) is 0 Å². The van der Waals surface area contributed by atoms with Gasteiger partial charge in [0.05, 0.1) is 11.5 Å². The van der Waals surface area contributed by atoms with Crippen LogP contribution in [0.25, 0.3) is 0 Å². The van der Waals surface area contributed by atoms with Crippen LogP contribution in [-0.2, 0) is 16.4 Å². The quantitative estimate of drug-likeness (QED) is 0.857. The molecule has 2 fully saturated rings. The maximum Gasteiger partial charge on any atom is 0.152 e. The third kappa shape index (κ3) is 3.35. The molecule has 0 unspecified atom stereocenters. The molecule has 1 N–H and O–H groups in total. The van der Waals surface area contributed by atoms with Gasteiger partial charge in [0, 0.05) is 32.2 Å². The first-order valence-electron chi connectivity index (χ1n) is 6.81. The van der Waals surface area contributed by atoms with E-state index in [1.54, 1.807) is 0 Å². The van der Waals surface area contributed by atoms with Crippen LogP contribution < -0.4 is 5.32 Å². The third-order valence-electron chi connectivity index (χ3n) is 3.88. The van der Waals surface area contributed by atoms with E-state index in [1.165, 1.54) is 5.56 Å². The molecule has 2 atom stereocenters. The maximum atomic E-state index is 11.9.